The van der Waals surface area contributed by atoms with Crippen LogP contribution in [0.15, 0.2) is 17.6 Å². The first-order valence-corrected chi connectivity index (χ1v) is 11.8. The summed E-state index contributed by atoms with van der Waals surface area (Å²) in [5, 5.41) is 14.5. The van der Waals surface area contributed by atoms with Gasteiger partial charge in [0.05, 0.1) is 16.8 Å². The highest BCUT2D eigenvalue weighted by Gasteiger charge is 2.53. The van der Waals surface area contributed by atoms with Crippen molar-refractivity contribution >= 4 is 7.12 Å². The van der Waals surface area contributed by atoms with Gasteiger partial charge in [-0.25, -0.2) is 0 Å². The number of aryl methyl sites for hydroxylation is 1. The van der Waals surface area contributed by atoms with Gasteiger partial charge in [-0.2, -0.15) is 0 Å². The maximum Gasteiger partial charge on any atom is 0.490 e. The van der Waals surface area contributed by atoms with Crippen molar-refractivity contribution in [1.82, 2.24) is 9.78 Å². The molecule has 0 amide bonds. The molecule has 2 aliphatic carbocycles. The molecule has 7 heteroatoms. The average Bonchev–Trinajstić information content (AvgIpc) is 3.22. The minimum Gasteiger partial charge on any atom is -0.474 e. The fourth-order valence-electron chi connectivity index (χ4n) is 5.18. The molecule has 3 aliphatic rings. The van der Waals surface area contributed by atoms with Gasteiger partial charge in [-0.05, 0) is 84.5 Å². The zero-order chi connectivity index (χ0) is 22.6. The molecule has 1 N–H and O–H groups in total. The van der Waals surface area contributed by atoms with Crippen LogP contribution in [0.4, 0.5) is 0 Å². The number of ether oxygens (including phenoxy) is 1. The molecule has 6 nitrogen and oxygen atoms in total. The Morgan fingerprint density at radius 2 is 1.90 bits per heavy atom. The molecule has 0 aromatic carbocycles. The Labute approximate surface area is 187 Å². The van der Waals surface area contributed by atoms with Gasteiger partial charge in [0.1, 0.15) is 6.61 Å². The molecule has 1 unspecified atom stereocenters. The smallest absolute Gasteiger partial charge is 0.474 e. The highest BCUT2D eigenvalue weighted by Crippen LogP contribution is 2.48. The quantitative estimate of drug-likeness (QED) is 0.701. The maximum absolute atomic E-state index is 9.94. The van der Waals surface area contributed by atoms with Crippen molar-refractivity contribution < 1.29 is 19.2 Å². The average molecular weight is 430 g/mol. The molecule has 0 spiro atoms. The zero-order valence-corrected chi connectivity index (χ0v) is 20.3. The van der Waals surface area contributed by atoms with Gasteiger partial charge in [0.15, 0.2) is 0 Å². The lowest BCUT2D eigenvalue weighted by Crippen LogP contribution is -2.41. The number of hydrogen-bond donors (Lipinski definition) is 1. The second-order valence-electron chi connectivity index (χ2n) is 11.5. The maximum atomic E-state index is 9.94. The topological polar surface area (TPSA) is 65.7 Å². The minimum atomic E-state index is -0.869. The molecule has 31 heavy (non-hydrogen) atoms. The molecule has 0 bridgehead atoms. The molecule has 0 radical (unpaired) electrons. The van der Waals surface area contributed by atoms with Gasteiger partial charge in [-0.15, -0.1) is 5.10 Å². The van der Waals surface area contributed by atoms with E-state index in [-0.39, 0.29) is 24.9 Å². The van der Waals surface area contributed by atoms with Crippen molar-refractivity contribution in [2.24, 2.45) is 18.9 Å². The van der Waals surface area contributed by atoms with E-state index in [1.807, 2.05) is 11.7 Å². The Kier molecular flexibility index (Phi) is 5.85. The van der Waals surface area contributed by atoms with E-state index in [9.17, 15) is 5.11 Å². The summed E-state index contributed by atoms with van der Waals surface area (Å²) in [4.78, 5) is 0. The molecule has 1 aromatic rings. The van der Waals surface area contributed by atoms with Crippen molar-refractivity contribution in [2.75, 3.05) is 6.61 Å². The van der Waals surface area contributed by atoms with Crippen molar-refractivity contribution in [3.8, 4) is 5.88 Å². The summed E-state index contributed by atoms with van der Waals surface area (Å²) < 4.78 is 20.4. The Morgan fingerprint density at radius 1 is 1.23 bits per heavy atom. The van der Waals surface area contributed by atoms with Gasteiger partial charge in [0.2, 0.25) is 5.88 Å². The van der Waals surface area contributed by atoms with Crippen LogP contribution in [0.1, 0.15) is 85.3 Å². The van der Waals surface area contributed by atoms with Crippen LogP contribution >= 0.6 is 0 Å². The molecule has 2 fully saturated rings. The van der Waals surface area contributed by atoms with Crippen LogP contribution in [0.5, 0.6) is 5.88 Å². The molecule has 1 saturated carbocycles. The number of hydrogen-bond acceptors (Lipinski definition) is 5. The van der Waals surface area contributed by atoms with Gasteiger partial charge in [-0.3, -0.25) is 4.68 Å². The van der Waals surface area contributed by atoms with Gasteiger partial charge in [0.25, 0.3) is 0 Å². The lowest BCUT2D eigenvalue weighted by molar-refractivity contribution is 0.00578. The number of aromatic nitrogens is 2. The Bertz CT molecular complexity index is 823. The number of fused-ring (bicyclic) bond motifs is 1. The van der Waals surface area contributed by atoms with Crippen LogP contribution in [-0.4, -0.2) is 45.4 Å². The fourth-order valence-corrected chi connectivity index (χ4v) is 5.18. The van der Waals surface area contributed by atoms with Crippen LogP contribution in [0, 0.1) is 11.8 Å². The number of aliphatic hydroxyl groups is 1. The molecule has 172 valence electrons. The third-order valence-corrected chi connectivity index (χ3v) is 7.66. The van der Waals surface area contributed by atoms with Crippen molar-refractivity contribution in [3.63, 3.8) is 0 Å². The van der Waals surface area contributed by atoms with Gasteiger partial charge in [-0.1, -0.05) is 12.5 Å². The summed E-state index contributed by atoms with van der Waals surface area (Å²) in [5.41, 5.74) is 1.10. The summed E-state index contributed by atoms with van der Waals surface area (Å²) in [7, 11) is 1.78. The minimum absolute atomic E-state index is 0.214. The summed E-state index contributed by atoms with van der Waals surface area (Å²) in [6.45, 7) is 12.2. The summed E-state index contributed by atoms with van der Waals surface area (Å²) in [5.74, 6) is 2.29. The van der Waals surface area contributed by atoms with E-state index in [4.69, 9.17) is 14.0 Å². The van der Waals surface area contributed by atoms with E-state index in [0.717, 1.165) is 12.8 Å². The summed E-state index contributed by atoms with van der Waals surface area (Å²) in [6.07, 6.45) is 8.31. The SMILES string of the molecule is Cn1nc(OCC(C)(C)O)cc1C1CCC[C@H]2CC(B3OC(C)(C)C(C)(C)O3)=C[C@H]2C1. The highest BCUT2D eigenvalue weighted by atomic mass is 16.7. The molecule has 1 aliphatic heterocycles. The summed E-state index contributed by atoms with van der Waals surface area (Å²) in [6, 6.07) is 2.06. The predicted octanol–water partition coefficient (Wildman–Crippen LogP) is 4.42. The van der Waals surface area contributed by atoms with Crippen LogP contribution in [0.2, 0.25) is 0 Å². The number of rotatable bonds is 5. The number of nitrogens with zero attached hydrogens (tertiary/aromatic N) is 2. The largest absolute Gasteiger partial charge is 0.490 e. The second-order valence-corrected chi connectivity index (χ2v) is 11.5. The molecule has 2 heterocycles. The van der Waals surface area contributed by atoms with Crippen LogP contribution < -0.4 is 4.74 Å². The Hall–Kier alpha value is -1.31. The fraction of sp³-hybridized carbons (Fsp3) is 0.792. The van der Waals surface area contributed by atoms with Crippen molar-refractivity contribution in [2.45, 2.75) is 96.4 Å². The second kappa shape index (κ2) is 7.93. The van der Waals surface area contributed by atoms with E-state index in [1.165, 1.54) is 30.4 Å². The van der Waals surface area contributed by atoms with Crippen LogP contribution in [0.25, 0.3) is 0 Å². The molecular weight excluding hydrogens is 391 g/mol. The normalized spacial score (nSPS) is 30.1. The molecule has 1 aromatic heterocycles. The van der Waals surface area contributed by atoms with Crippen LogP contribution in [-0.2, 0) is 16.4 Å². The predicted molar refractivity (Wildman–Crippen MR) is 122 cm³/mol. The monoisotopic (exact) mass is 430 g/mol. The molecule has 3 atom stereocenters. The molecule has 1 saturated heterocycles. The first kappa shape index (κ1) is 22.9. The highest BCUT2D eigenvalue weighted by molar-refractivity contribution is 6.54. The van der Waals surface area contributed by atoms with E-state index < -0.39 is 5.60 Å². The lowest BCUT2D eigenvalue weighted by atomic mass is 9.76. The van der Waals surface area contributed by atoms with Gasteiger partial charge >= 0.3 is 7.12 Å². The van der Waals surface area contributed by atoms with Gasteiger partial charge in [0, 0.05) is 24.7 Å². The first-order chi connectivity index (χ1) is 14.3. The van der Waals surface area contributed by atoms with E-state index >= 15 is 0 Å². The van der Waals surface area contributed by atoms with Gasteiger partial charge < -0.3 is 19.2 Å². The van der Waals surface area contributed by atoms with E-state index in [0.29, 0.717) is 23.6 Å². The number of allylic oxidation sites excluding steroid dienone is 2. The molecular formula is C24H39BN2O4. The molecule has 4 rings (SSSR count). The Balaban J connectivity index is 1.47. The zero-order valence-electron chi connectivity index (χ0n) is 20.3. The van der Waals surface area contributed by atoms with Crippen LogP contribution in [0.3, 0.4) is 0 Å². The first-order valence-electron chi connectivity index (χ1n) is 11.8. The van der Waals surface area contributed by atoms with E-state index in [1.54, 1.807) is 13.8 Å². The third-order valence-electron chi connectivity index (χ3n) is 7.66. The lowest BCUT2D eigenvalue weighted by Gasteiger charge is -2.32. The van der Waals surface area contributed by atoms with E-state index in [2.05, 4.69) is 44.9 Å². The Morgan fingerprint density at radius 3 is 2.55 bits per heavy atom. The standard InChI is InChI=1S/C24H39BN2O4/c1-22(2,28)15-29-21-14-20(27(7)26-21)17-10-8-9-16-12-19(13-18(16)11-17)25-30-23(3,4)24(5,6)31-25/h13-14,16-18,28H,8-12,15H2,1-7H3/t16-,17?,18+/m0/s1. The van der Waals surface area contributed by atoms with Crippen molar-refractivity contribution in [1.29, 1.82) is 0 Å². The summed E-state index contributed by atoms with van der Waals surface area (Å²) >= 11 is 0. The third kappa shape index (κ3) is 4.74. The van der Waals surface area contributed by atoms with Crippen molar-refractivity contribution in [3.05, 3.63) is 23.3 Å².